The Kier molecular flexibility index (Phi) is 4.64. The Balaban J connectivity index is 2.28. The van der Waals surface area contributed by atoms with Crippen LogP contribution < -0.4 is 0 Å². The molecule has 1 saturated carbocycles. The van der Waals surface area contributed by atoms with Crippen LogP contribution in [0.4, 0.5) is 0 Å². The second kappa shape index (κ2) is 5.29. The van der Waals surface area contributed by atoms with E-state index in [2.05, 4.69) is 13.8 Å². The smallest absolute Gasteiger partial charge is 0.0130 e. The minimum absolute atomic E-state index is 0.402. The molecule has 0 aromatic rings. The van der Waals surface area contributed by atoms with E-state index < -0.39 is 0 Å². The molecule has 0 radical (unpaired) electrons. The van der Waals surface area contributed by atoms with Gasteiger partial charge in [-0.25, -0.2) is 0 Å². The van der Waals surface area contributed by atoms with Gasteiger partial charge in [0.2, 0.25) is 0 Å². The second-order valence-corrected chi connectivity index (χ2v) is 5.66. The highest BCUT2D eigenvalue weighted by Crippen LogP contribution is 2.41. The standard InChI is InChI=1S/C12H24S/c1-3-5-11-6-9-12(13,8-4-2)10-7-11/h11,13H,3-10H2,1-2H3. The van der Waals surface area contributed by atoms with Crippen LogP contribution in [0.25, 0.3) is 0 Å². The zero-order valence-corrected chi connectivity index (χ0v) is 10.1. The maximum Gasteiger partial charge on any atom is 0.0130 e. The molecule has 0 aliphatic heterocycles. The summed E-state index contributed by atoms with van der Waals surface area (Å²) in [5, 5.41) is 0. The van der Waals surface area contributed by atoms with Gasteiger partial charge in [0.15, 0.2) is 0 Å². The van der Waals surface area contributed by atoms with Crippen LogP contribution in [0, 0.1) is 5.92 Å². The summed E-state index contributed by atoms with van der Waals surface area (Å²) >= 11 is 4.84. The Bertz CT molecular complexity index is 134. The molecular formula is C12H24S. The number of thiol groups is 1. The Morgan fingerprint density at radius 3 is 2.23 bits per heavy atom. The molecule has 13 heavy (non-hydrogen) atoms. The SMILES string of the molecule is CCCC1CCC(S)(CCC)CC1. The van der Waals surface area contributed by atoms with Crippen LogP contribution in [0.3, 0.4) is 0 Å². The molecule has 1 aliphatic rings. The van der Waals surface area contributed by atoms with E-state index in [0.29, 0.717) is 4.75 Å². The summed E-state index contributed by atoms with van der Waals surface area (Å²) in [5.74, 6) is 1.02. The topological polar surface area (TPSA) is 0 Å². The molecule has 0 saturated heterocycles. The minimum Gasteiger partial charge on any atom is -0.173 e. The van der Waals surface area contributed by atoms with Gasteiger partial charge in [0.05, 0.1) is 0 Å². The van der Waals surface area contributed by atoms with E-state index in [-0.39, 0.29) is 0 Å². The summed E-state index contributed by atoms with van der Waals surface area (Å²) in [4.78, 5) is 0. The first-order valence-electron chi connectivity index (χ1n) is 5.92. The summed E-state index contributed by atoms with van der Waals surface area (Å²) in [5.41, 5.74) is 0. The van der Waals surface area contributed by atoms with E-state index >= 15 is 0 Å². The maximum atomic E-state index is 4.84. The van der Waals surface area contributed by atoms with Gasteiger partial charge in [-0.05, 0) is 38.0 Å². The summed E-state index contributed by atoms with van der Waals surface area (Å²) in [6, 6.07) is 0. The van der Waals surface area contributed by atoms with E-state index in [1.807, 2.05) is 0 Å². The van der Waals surface area contributed by atoms with E-state index in [1.165, 1.54) is 51.4 Å². The van der Waals surface area contributed by atoms with Crippen LogP contribution in [-0.2, 0) is 0 Å². The van der Waals surface area contributed by atoms with Gasteiger partial charge in [0.25, 0.3) is 0 Å². The molecule has 0 amide bonds. The molecule has 1 fully saturated rings. The minimum atomic E-state index is 0.402. The molecule has 0 unspecified atom stereocenters. The molecule has 0 bridgehead atoms. The highest BCUT2D eigenvalue weighted by molar-refractivity contribution is 7.81. The van der Waals surface area contributed by atoms with Crippen molar-refractivity contribution in [1.29, 1.82) is 0 Å². The van der Waals surface area contributed by atoms with Crippen molar-refractivity contribution in [1.82, 2.24) is 0 Å². The number of hydrogen-bond donors (Lipinski definition) is 1. The Labute approximate surface area is 88.9 Å². The highest BCUT2D eigenvalue weighted by atomic mass is 32.1. The van der Waals surface area contributed by atoms with Crippen LogP contribution in [0.15, 0.2) is 0 Å². The molecule has 0 aromatic carbocycles. The largest absolute Gasteiger partial charge is 0.173 e. The van der Waals surface area contributed by atoms with Gasteiger partial charge < -0.3 is 0 Å². The van der Waals surface area contributed by atoms with Gasteiger partial charge in [0.1, 0.15) is 0 Å². The van der Waals surface area contributed by atoms with Crippen molar-refractivity contribution >= 4 is 12.6 Å². The van der Waals surface area contributed by atoms with Gasteiger partial charge in [-0.3, -0.25) is 0 Å². The van der Waals surface area contributed by atoms with Gasteiger partial charge >= 0.3 is 0 Å². The van der Waals surface area contributed by atoms with Crippen LogP contribution in [-0.4, -0.2) is 4.75 Å². The van der Waals surface area contributed by atoms with E-state index in [9.17, 15) is 0 Å². The average molecular weight is 200 g/mol. The molecule has 0 aromatic heterocycles. The first kappa shape index (κ1) is 11.4. The van der Waals surface area contributed by atoms with Crippen molar-refractivity contribution in [3.05, 3.63) is 0 Å². The molecule has 0 atom stereocenters. The third-order valence-corrected chi connectivity index (χ3v) is 4.12. The molecule has 78 valence electrons. The number of rotatable bonds is 4. The Morgan fingerprint density at radius 2 is 1.77 bits per heavy atom. The molecule has 0 nitrogen and oxygen atoms in total. The van der Waals surface area contributed by atoms with Gasteiger partial charge in [-0.2, -0.15) is 12.6 Å². The van der Waals surface area contributed by atoms with Crippen LogP contribution >= 0.6 is 12.6 Å². The van der Waals surface area contributed by atoms with Crippen LogP contribution in [0.1, 0.15) is 65.2 Å². The van der Waals surface area contributed by atoms with Crippen molar-refractivity contribution in [2.24, 2.45) is 5.92 Å². The lowest BCUT2D eigenvalue weighted by Gasteiger charge is -2.36. The molecular weight excluding hydrogens is 176 g/mol. The fourth-order valence-corrected chi connectivity index (χ4v) is 3.11. The van der Waals surface area contributed by atoms with Gasteiger partial charge in [-0.1, -0.05) is 33.1 Å². The van der Waals surface area contributed by atoms with Crippen molar-refractivity contribution in [2.45, 2.75) is 70.0 Å². The fraction of sp³-hybridized carbons (Fsp3) is 1.00. The first-order chi connectivity index (χ1) is 6.20. The average Bonchev–Trinajstić information content (AvgIpc) is 2.10. The van der Waals surface area contributed by atoms with E-state index in [4.69, 9.17) is 12.6 Å². The van der Waals surface area contributed by atoms with Crippen molar-refractivity contribution in [3.63, 3.8) is 0 Å². The number of hydrogen-bond acceptors (Lipinski definition) is 1. The molecule has 0 heterocycles. The van der Waals surface area contributed by atoms with E-state index in [1.54, 1.807) is 0 Å². The Morgan fingerprint density at radius 1 is 1.15 bits per heavy atom. The zero-order valence-electron chi connectivity index (χ0n) is 9.18. The first-order valence-corrected chi connectivity index (χ1v) is 6.37. The molecule has 0 spiro atoms. The lowest BCUT2D eigenvalue weighted by molar-refractivity contribution is 0.277. The lowest BCUT2D eigenvalue weighted by atomic mass is 9.78. The maximum absolute atomic E-state index is 4.84. The molecule has 1 rings (SSSR count). The normalized spacial score (nSPS) is 34.8. The predicted octanol–water partition coefficient (Wildman–Crippen LogP) is 4.45. The zero-order chi connectivity index (χ0) is 9.73. The summed E-state index contributed by atoms with van der Waals surface area (Å²) in [7, 11) is 0. The summed E-state index contributed by atoms with van der Waals surface area (Å²) < 4.78 is 0.402. The fourth-order valence-electron chi connectivity index (χ4n) is 2.63. The van der Waals surface area contributed by atoms with Crippen molar-refractivity contribution in [3.8, 4) is 0 Å². The highest BCUT2D eigenvalue weighted by Gasteiger charge is 2.30. The van der Waals surface area contributed by atoms with Crippen molar-refractivity contribution in [2.75, 3.05) is 0 Å². The van der Waals surface area contributed by atoms with Gasteiger partial charge in [0, 0.05) is 4.75 Å². The molecule has 1 heteroatoms. The Hall–Kier alpha value is 0.350. The predicted molar refractivity (Wildman–Crippen MR) is 63.5 cm³/mol. The quantitative estimate of drug-likeness (QED) is 0.637. The van der Waals surface area contributed by atoms with Gasteiger partial charge in [-0.15, -0.1) is 0 Å². The second-order valence-electron chi connectivity index (χ2n) is 4.71. The van der Waals surface area contributed by atoms with Crippen molar-refractivity contribution < 1.29 is 0 Å². The summed E-state index contributed by atoms with van der Waals surface area (Å²) in [6.45, 7) is 4.57. The third-order valence-electron chi connectivity index (χ3n) is 3.45. The molecule has 0 N–H and O–H groups in total. The summed E-state index contributed by atoms with van der Waals surface area (Å²) in [6.07, 6.45) is 11.0. The van der Waals surface area contributed by atoms with E-state index in [0.717, 1.165) is 5.92 Å². The third kappa shape index (κ3) is 3.53. The van der Waals surface area contributed by atoms with Crippen LogP contribution in [0.2, 0.25) is 0 Å². The molecule has 1 aliphatic carbocycles. The van der Waals surface area contributed by atoms with Crippen LogP contribution in [0.5, 0.6) is 0 Å². The monoisotopic (exact) mass is 200 g/mol. The lowest BCUT2D eigenvalue weighted by Crippen LogP contribution is -2.28.